The Labute approximate surface area is 120 Å². The van der Waals surface area contributed by atoms with Crippen LogP contribution in [0.25, 0.3) is 0 Å². The van der Waals surface area contributed by atoms with E-state index in [9.17, 15) is 0 Å². The summed E-state index contributed by atoms with van der Waals surface area (Å²) in [5.74, 6) is 1.68. The zero-order valence-electron chi connectivity index (χ0n) is 13.9. The fourth-order valence-corrected chi connectivity index (χ4v) is 4.08. The minimum absolute atomic E-state index is 0.535. The van der Waals surface area contributed by atoms with Crippen LogP contribution in [0.3, 0.4) is 0 Å². The fourth-order valence-electron chi connectivity index (χ4n) is 4.08. The standard InChI is InChI=1S/C17H34N2/c1-7-9-18-14-8-10-19(11-13(14)2)12-15-16(3,4)17(15,5)6/h13-15,18H,7-12H2,1-6H3. The van der Waals surface area contributed by atoms with Crippen LogP contribution in [-0.2, 0) is 0 Å². The Morgan fingerprint density at radius 2 is 1.79 bits per heavy atom. The average Bonchev–Trinajstić information content (AvgIpc) is 2.71. The van der Waals surface area contributed by atoms with E-state index in [1.165, 1.54) is 39.0 Å². The van der Waals surface area contributed by atoms with Crippen LogP contribution in [0.2, 0.25) is 0 Å². The van der Waals surface area contributed by atoms with Crippen molar-refractivity contribution in [2.75, 3.05) is 26.2 Å². The molecule has 2 atom stereocenters. The highest BCUT2D eigenvalue weighted by molar-refractivity contribution is 5.13. The van der Waals surface area contributed by atoms with Crippen LogP contribution in [0.5, 0.6) is 0 Å². The molecule has 2 fully saturated rings. The smallest absolute Gasteiger partial charge is 0.0117 e. The van der Waals surface area contributed by atoms with E-state index >= 15 is 0 Å². The molecule has 0 bridgehead atoms. The van der Waals surface area contributed by atoms with Crippen molar-refractivity contribution in [3.63, 3.8) is 0 Å². The monoisotopic (exact) mass is 266 g/mol. The number of rotatable bonds is 5. The van der Waals surface area contributed by atoms with Crippen LogP contribution in [0.1, 0.15) is 54.4 Å². The van der Waals surface area contributed by atoms with Crippen molar-refractivity contribution in [3.8, 4) is 0 Å². The molecule has 1 saturated heterocycles. The van der Waals surface area contributed by atoms with E-state index in [0.29, 0.717) is 10.8 Å². The second-order valence-corrected chi connectivity index (χ2v) is 8.08. The molecule has 1 aliphatic heterocycles. The number of hydrogen-bond donors (Lipinski definition) is 1. The third kappa shape index (κ3) is 2.85. The van der Waals surface area contributed by atoms with Gasteiger partial charge in [0.05, 0.1) is 0 Å². The summed E-state index contributed by atoms with van der Waals surface area (Å²) >= 11 is 0. The van der Waals surface area contributed by atoms with Crippen molar-refractivity contribution < 1.29 is 0 Å². The highest BCUT2D eigenvalue weighted by atomic mass is 15.2. The zero-order chi connectivity index (χ0) is 14.3. The van der Waals surface area contributed by atoms with E-state index in [4.69, 9.17) is 0 Å². The molecule has 0 aromatic carbocycles. The molecule has 112 valence electrons. The summed E-state index contributed by atoms with van der Waals surface area (Å²) in [6, 6.07) is 0.747. The summed E-state index contributed by atoms with van der Waals surface area (Å²) in [6.45, 7) is 19.5. The van der Waals surface area contributed by atoms with Gasteiger partial charge in [0, 0.05) is 19.1 Å². The predicted molar refractivity (Wildman–Crippen MR) is 83.4 cm³/mol. The van der Waals surface area contributed by atoms with Gasteiger partial charge in [-0.15, -0.1) is 0 Å². The van der Waals surface area contributed by atoms with Crippen LogP contribution in [0.4, 0.5) is 0 Å². The molecule has 1 heterocycles. The maximum Gasteiger partial charge on any atom is 0.0117 e. The lowest BCUT2D eigenvalue weighted by Gasteiger charge is -2.38. The molecular formula is C17H34N2. The molecule has 2 heteroatoms. The SMILES string of the molecule is CCCNC1CCN(CC2C(C)(C)C2(C)C)CC1C. The van der Waals surface area contributed by atoms with Gasteiger partial charge in [0.25, 0.3) is 0 Å². The second-order valence-electron chi connectivity index (χ2n) is 8.08. The molecule has 0 aromatic rings. The molecule has 1 N–H and O–H groups in total. The number of hydrogen-bond acceptors (Lipinski definition) is 2. The lowest BCUT2D eigenvalue weighted by Crippen LogP contribution is -2.49. The Balaban J connectivity index is 1.80. The fraction of sp³-hybridized carbons (Fsp3) is 1.00. The number of nitrogens with one attached hydrogen (secondary N) is 1. The molecule has 2 aliphatic rings. The second kappa shape index (κ2) is 5.37. The minimum Gasteiger partial charge on any atom is -0.314 e. The van der Waals surface area contributed by atoms with Crippen LogP contribution in [0, 0.1) is 22.7 Å². The first kappa shape index (κ1) is 15.3. The van der Waals surface area contributed by atoms with Gasteiger partial charge in [0.15, 0.2) is 0 Å². The molecule has 0 spiro atoms. The minimum atomic E-state index is 0.535. The zero-order valence-corrected chi connectivity index (χ0v) is 13.9. The maximum absolute atomic E-state index is 3.72. The van der Waals surface area contributed by atoms with Gasteiger partial charge in [0.2, 0.25) is 0 Å². The first-order valence-electron chi connectivity index (χ1n) is 8.26. The lowest BCUT2D eigenvalue weighted by atomic mass is 9.93. The lowest BCUT2D eigenvalue weighted by molar-refractivity contribution is 0.136. The summed E-state index contributed by atoms with van der Waals surface area (Å²) in [7, 11) is 0. The van der Waals surface area contributed by atoms with E-state index in [0.717, 1.165) is 17.9 Å². The first-order chi connectivity index (χ1) is 8.80. The molecule has 2 rings (SSSR count). The van der Waals surface area contributed by atoms with Gasteiger partial charge in [0.1, 0.15) is 0 Å². The van der Waals surface area contributed by atoms with Gasteiger partial charge < -0.3 is 10.2 Å². The van der Waals surface area contributed by atoms with Crippen LogP contribution < -0.4 is 5.32 Å². The number of piperidine rings is 1. The normalized spacial score (nSPS) is 34.4. The summed E-state index contributed by atoms with van der Waals surface area (Å²) in [5, 5.41) is 3.72. The first-order valence-corrected chi connectivity index (χ1v) is 8.26. The molecule has 0 amide bonds. The molecule has 1 saturated carbocycles. The van der Waals surface area contributed by atoms with Crippen molar-refractivity contribution in [1.29, 1.82) is 0 Å². The molecule has 0 radical (unpaired) electrons. The van der Waals surface area contributed by atoms with Crippen LogP contribution in [-0.4, -0.2) is 37.1 Å². The van der Waals surface area contributed by atoms with Gasteiger partial charge >= 0.3 is 0 Å². The Hall–Kier alpha value is -0.0800. The molecule has 19 heavy (non-hydrogen) atoms. The average molecular weight is 266 g/mol. The number of likely N-dealkylation sites (tertiary alicyclic amines) is 1. The molecule has 2 unspecified atom stereocenters. The predicted octanol–water partition coefficient (Wildman–Crippen LogP) is 3.38. The highest BCUT2D eigenvalue weighted by Gasteiger charge is 2.64. The summed E-state index contributed by atoms with van der Waals surface area (Å²) in [6.07, 6.45) is 2.58. The molecular weight excluding hydrogens is 232 g/mol. The maximum atomic E-state index is 3.72. The van der Waals surface area contributed by atoms with Gasteiger partial charge in [-0.2, -0.15) is 0 Å². The van der Waals surface area contributed by atoms with E-state index in [1.807, 2.05) is 0 Å². The third-order valence-corrected chi connectivity index (χ3v) is 6.41. The van der Waals surface area contributed by atoms with E-state index in [1.54, 1.807) is 0 Å². The Morgan fingerprint density at radius 3 is 2.26 bits per heavy atom. The summed E-state index contributed by atoms with van der Waals surface area (Å²) in [5.41, 5.74) is 1.07. The van der Waals surface area contributed by atoms with Crippen molar-refractivity contribution in [2.45, 2.75) is 60.4 Å². The summed E-state index contributed by atoms with van der Waals surface area (Å²) < 4.78 is 0. The molecule has 1 aliphatic carbocycles. The Kier molecular flexibility index (Phi) is 4.32. The quantitative estimate of drug-likeness (QED) is 0.820. The van der Waals surface area contributed by atoms with Crippen molar-refractivity contribution in [1.82, 2.24) is 10.2 Å². The highest BCUT2D eigenvalue weighted by Crippen LogP contribution is 2.68. The van der Waals surface area contributed by atoms with Crippen molar-refractivity contribution >= 4 is 0 Å². The van der Waals surface area contributed by atoms with Crippen molar-refractivity contribution in [3.05, 3.63) is 0 Å². The number of nitrogens with zero attached hydrogens (tertiary/aromatic N) is 1. The van der Waals surface area contributed by atoms with Gasteiger partial charge in [-0.3, -0.25) is 0 Å². The third-order valence-electron chi connectivity index (χ3n) is 6.41. The van der Waals surface area contributed by atoms with Gasteiger partial charge in [-0.25, -0.2) is 0 Å². The molecule has 2 nitrogen and oxygen atoms in total. The Morgan fingerprint density at radius 1 is 1.16 bits per heavy atom. The van der Waals surface area contributed by atoms with Crippen molar-refractivity contribution in [2.24, 2.45) is 22.7 Å². The van der Waals surface area contributed by atoms with Crippen LogP contribution in [0.15, 0.2) is 0 Å². The Bertz CT molecular complexity index is 294. The topological polar surface area (TPSA) is 15.3 Å². The van der Waals surface area contributed by atoms with E-state index in [2.05, 4.69) is 51.8 Å². The molecule has 0 aromatic heterocycles. The largest absolute Gasteiger partial charge is 0.314 e. The van der Waals surface area contributed by atoms with Crippen LogP contribution >= 0.6 is 0 Å². The van der Waals surface area contributed by atoms with E-state index < -0.39 is 0 Å². The van der Waals surface area contributed by atoms with Gasteiger partial charge in [-0.05, 0) is 48.6 Å². The van der Waals surface area contributed by atoms with Gasteiger partial charge in [-0.1, -0.05) is 41.5 Å². The van der Waals surface area contributed by atoms with E-state index in [-0.39, 0.29) is 0 Å². The summed E-state index contributed by atoms with van der Waals surface area (Å²) in [4.78, 5) is 2.72.